The van der Waals surface area contributed by atoms with Gasteiger partial charge in [-0.2, -0.15) is 0 Å². The molecule has 0 saturated heterocycles. The third-order valence-corrected chi connectivity index (χ3v) is 3.06. The molecule has 1 atom stereocenters. The van der Waals surface area contributed by atoms with Gasteiger partial charge in [0.15, 0.2) is 0 Å². The first-order valence-corrected chi connectivity index (χ1v) is 6.01. The van der Waals surface area contributed by atoms with Crippen LogP contribution in [-0.4, -0.2) is 0 Å². The first-order valence-electron chi connectivity index (χ1n) is 5.64. The van der Waals surface area contributed by atoms with Crippen LogP contribution in [0.25, 0.3) is 0 Å². The van der Waals surface area contributed by atoms with Crippen molar-refractivity contribution in [2.45, 2.75) is 13.0 Å². The van der Waals surface area contributed by atoms with E-state index < -0.39 is 23.5 Å². The van der Waals surface area contributed by atoms with Crippen LogP contribution in [0.3, 0.4) is 0 Å². The van der Waals surface area contributed by atoms with Gasteiger partial charge in [0.2, 0.25) is 0 Å². The molecule has 1 unspecified atom stereocenters. The van der Waals surface area contributed by atoms with Crippen LogP contribution in [0.1, 0.15) is 18.5 Å². The summed E-state index contributed by atoms with van der Waals surface area (Å²) in [5.41, 5.74) is 0.639. The number of halogens is 4. The van der Waals surface area contributed by atoms with Gasteiger partial charge >= 0.3 is 0 Å². The number of benzene rings is 2. The van der Waals surface area contributed by atoms with Crippen molar-refractivity contribution in [3.63, 3.8) is 0 Å². The minimum atomic E-state index is -0.660. The zero-order valence-corrected chi connectivity index (χ0v) is 10.8. The third-order valence-electron chi connectivity index (χ3n) is 2.73. The van der Waals surface area contributed by atoms with E-state index in [1.807, 2.05) is 0 Å². The lowest BCUT2D eigenvalue weighted by Gasteiger charge is -2.17. The van der Waals surface area contributed by atoms with Gasteiger partial charge in [0.05, 0.1) is 16.8 Å². The van der Waals surface area contributed by atoms with E-state index >= 15 is 0 Å². The average molecular weight is 286 g/mol. The molecule has 2 aromatic rings. The molecule has 0 bridgehead atoms. The molecule has 0 aromatic heterocycles. The van der Waals surface area contributed by atoms with Crippen molar-refractivity contribution < 1.29 is 13.2 Å². The lowest BCUT2D eigenvalue weighted by molar-refractivity contribution is 0.566. The van der Waals surface area contributed by atoms with E-state index in [4.69, 9.17) is 11.6 Å². The van der Waals surface area contributed by atoms with E-state index in [1.165, 1.54) is 30.3 Å². The summed E-state index contributed by atoms with van der Waals surface area (Å²) in [6.45, 7) is 1.68. The van der Waals surface area contributed by atoms with E-state index in [1.54, 1.807) is 6.92 Å². The standard InChI is InChI=1S/C14H11ClF3N/c1-8(11-4-2-9(16)6-13(11)18)19-14-7-10(17)3-5-12(14)15/h2-8,19H,1H3. The maximum Gasteiger partial charge on any atom is 0.131 e. The topological polar surface area (TPSA) is 12.0 Å². The number of anilines is 1. The molecule has 2 rings (SSSR count). The monoisotopic (exact) mass is 285 g/mol. The summed E-state index contributed by atoms with van der Waals surface area (Å²) in [6, 6.07) is 6.71. The fourth-order valence-electron chi connectivity index (χ4n) is 1.77. The predicted molar refractivity (Wildman–Crippen MR) is 69.8 cm³/mol. The number of rotatable bonds is 3. The van der Waals surface area contributed by atoms with Crippen molar-refractivity contribution in [3.8, 4) is 0 Å². The second kappa shape index (κ2) is 5.53. The Morgan fingerprint density at radius 1 is 1.00 bits per heavy atom. The second-order valence-electron chi connectivity index (χ2n) is 4.16. The summed E-state index contributed by atoms with van der Waals surface area (Å²) in [6.07, 6.45) is 0. The smallest absolute Gasteiger partial charge is 0.131 e. The van der Waals surface area contributed by atoms with E-state index in [0.29, 0.717) is 10.7 Å². The lowest BCUT2D eigenvalue weighted by atomic mass is 10.1. The Kier molecular flexibility index (Phi) is 4.00. The van der Waals surface area contributed by atoms with E-state index in [0.717, 1.165) is 6.07 Å². The van der Waals surface area contributed by atoms with Crippen LogP contribution in [0.5, 0.6) is 0 Å². The molecule has 0 aliphatic heterocycles. The van der Waals surface area contributed by atoms with Crippen molar-refractivity contribution in [2.75, 3.05) is 5.32 Å². The second-order valence-corrected chi connectivity index (χ2v) is 4.56. The van der Waals surface area contributed by atoms with Crippen molar-refractivity contribution in [1.82, 2.24) is 0 Å². The van der Waals surface area contributed by atoms with Gasteiger partial charge in [-0.05, 0) is 31.2 Å². The van der Waals surface area contributed by atoms with Gasteiger partial charge < -0.3 is 5.32 Å². The zero-order valence-electron chi connectivity index (χ0n) is 10.1. The molecule has 0 saturated carbocycles. The quantitative estimate of drug-likeness (QED) is 0.843. The van der Waals surface area contributed by atoms with Crippen LogP contribution in [0.15, 0.2) is 36.4 Å². The molecule has 0 amide bonds. The third kappa shape index (κ3) is 3.20. The van der Waals surface area contributed by atoms with E-state index in [9.17, 15) is 13.2 Å². The molecule has 19 heavy (non-hydrogen) atoms. The van der Waals surface area contributed by atoms with Crippen LogP contribution in [0, 0.1) is 17.5 Å². The van der Waals surface area contributed by atoms with E-state index in [-0.39, 0.29) is 5.56 Å². The minimum Gasteiger partial charge on any atom is -0.377 e. The molecule has 5 heteroatoms. The van der Waals surface area contributed by atoms with Gasteiger partial charge in [-0.25, -0.2) is 13.2 Å². The number of hydrogen-bond acceptors (Lipinski definition) is 1. The summed E-state index contributed by atoms with van der Waals surface area (Å²) < 4.78 is 39.5. The van der Waals surface area contributed by atoms with Crippen molar-refractivity contribution in [2.24, 2.45) is 0 Å². The van der Waals surface area contributed by atoms with Crippen LogP contribution < -0.4 is 5.32 Å². The van der Waals surface area contributed by atoms with Crippen LogP contribution >= 0.6 is 11.6 Å². The van der Waals surface area contributed by atoms with Crippen LogP contribution in [0.4, 0.5) is 18.9 Å². The Balaban J connectivity index is 2.25. The molecule has 100 valence electrons. The maximum atomic E-state index is 13.6. The van der Waals surface area contributed by atoms with Gasteiger partial charge in [0, 0.05) is 11.6 Å². The highest BCUT2D eigenvalue weighted by Gasteiger charge is 2.13. The van der Waals surface area contributed by atoms with Crippen molar-refractivity contribution >= 4 is 17.3 Å². The predicted octanol–water partition coefficient (Wildman–Crippen LogP) is 4.93. The normalized spacial score (nSPS) is 12.3. The Labute approximate surface area is 114 Å². The Bertz CT molecular complexity index is 601. The van der Waals surface area contributed by atoms with Crippen LogP contribution in [0.2, 0.25) is 5.02 Å². The highest BCUT2D eigenvalue weighted by atomic mass is 35.5. The number of hydrogen-bond donors (Lipinski definition) is 1. The van der Waals surface area contributed by atoms with E-state index in [2.05, 4.69) is 5.32 Å². The molecule has 0 aliphatic carbocycles. The van der Waals surface area contributed by atoms with Gasteiger partial charge in [0.25, 0.3) is 0 Å². The Hall–Kier alpha value is -1.68. The molecule has 1 nitrogen and oxygen atoms in total. The summed E-state index contributed by atoms with van der Waals surface area (Å²) >= 11 is 5.91. The molecule has 1 N–H and O–H groups in total. The first-order chi connectivity index (χ1) is 8.97. The zero-order chi connectivity index (χ0) is 14.0. The maximum absolute atomic E-state index is 13.6. The van der Waals surface area contributed by atoms with Gasteiger partial charge in [0.1, 0.15) is 17.5 Å². The largest absolute Gasteiger partial charge is 0.377 e. The highest BCUT2D eigenvalue weighted by molar-refractivity contribution is 6.33. The SMILES string of the molecule is CC(Nc1cc(F)ccc1Cl)c1ccc(F)cc1F. The Morgan fingerprint density at radius 2 is 1.63 bits per heavy atom. The molecule has 0 spiro atoms. The summed E-state index contributed by atoms with van der Waals surface area (Å²) in [5.74, 6) is -1.75. The summed E-state index contributed by atoms with van der Waals surface area (Å²) in [4.78, 5) is 0. The van der Waals surface area contributed by atoms with Gasteiger partial charge in [-0.15, -0.1) is 0 Å². The average Bonchev–Trinajstić information content (AvgIpc) is 2.33. The molecule has 0 aliphatic rings. The molecular formula is C14H11ClF3N. The van der Waals surface area contributed by atoms with Crippen molar-refractivity contribution in [3.05, 3.63) is 64.4 Å². The lowest BCUT2D eigenvalue weighted by Crippen LogP contribution is -2.09. The minimum absolute atomic E-state index is 0.279. The van der Waals surface area contributed by atoms with Gasteiger partial charge in [-0.1, -0.05) is 17.7 Å². The fraction of sp³-hybridized carbons (Fsp3) is 0.143. The molecule has 0 radical (unpaired) electrons. The van der Waals surface area contributed by atoms with Crippen molar-refractivity contribution in [1.29, 1.82) is 0 Å². The summed E-state index contributed by atoms with van der Waals surface area (Å²) in [5, 5.41) is 3.22. The first kappa shape index (κ1) is 13.7. The van der Waals surface area contributed by atoms with Crippen LogP contribution in [-0.2, 0) is 0 Å². The molecule has 2 aromatic carbocycles. The summed E-state index contributed by atoms with van der Waals surface area (Å²) in [7, 11) is 0. The number of nitrogens with one attached hydrogen (secondary N) is 1. The molecule has 0 heterocycles. The highest BCUT2D eigenvalue weighted by Crippen LogP contribution is 2.28. The molecular weight excluding hydrogens is 275 g/mol. The Morgan fingerprint density at radius 3 is 2.32 bits per heavy atom. The molecule has 0 fully saturated rings. The fourth-order valence-corrected chi connectivity index (χ4v) is 1.94. The van der Waals surface area contributed by atoms with Gasteiger partial charge in [-0.3, -0.25) is 0 Å².